The molecule has 1 fully saturated rings. The van der Waals surface area contributed by atoms with Crippen molar-refractivity contribution in [3.63, 3.8) is 0 Å². The van der Waals surface area contributed by atoms with Gasteiger partial charge < -0.3 is 15.2 Å². The summed E-state index contributed by atoms with van der Waals surface area (Å²) in [6.45, 7) is 4.62. The monoisotopic (exact) mass is 492 g/mol. The molecule has 1 saturated carbocycles. The predicted molar refractivity (Wildman–Crippen MR) is 112 cm³/mol. The molecule has 8 heteroatoms. The van der Waals surface area contributed by atoms with Gasteiger partial charge in [-0.25, -0.2) is 4.39 Å². The lowest BCUT2D eigenvalue weighted by atomic mass is 10.1. The average Bonchev–Trinajstić information content (AvgIpc) is 3.14. The number of benzene rings is 1. The van der Waals surface area contributed by atoms with Crippen molar-refractivity contribution in [2.45, 2.75) is 44.7 Å². The summed E-state index contributed by atoms with van der Waals surface area (Å²) in [5.41, 5.74) is 1.50. The van der Waals surface area contributed by atoms with Crippen LogP contribution >= 0.6 is 35.6 Å². The summed E-state index contributed by atoms with van der Waals surface area (Å²) in [4.78, 5) is 4.20. The lowest BCUT2D eigenvalue weighted by molar-refractivity contribution is 0.372. The maximum Gasteiger partial charge on any atom is 0.191 e. The summed E-state index contributed by atoms with van der Waals surface area (Å²) >= 11 is 6.14. The van der Waals surface area contributed by atoms with E-state index in [1.807, 2.05) is 6.07 Å². The zero-order chi connectivity index (χ0) is 18.0. The van der Waals surface area contributed by atoms with Crippen LogP contribution in [0.3, 0.4) is 0 Å². The Kier molecular flexibility index (Phi) is 7.28. The van der Waals surface area contributed by atoms with Gasteiger partial charge in [-0.1, -0.05) is 36.7 Å². The molecule has 2 N–H and O–H groups in total. The van der Waals surface area contributed by atoms with E-state index in [4.69, 9.17) is 16.1 Å². The Hall–Kier alpha value is -1.35. The van der Waals surface area contributed by atoms with Gasteiger partial charge in [-0.05, 0) is 24.5 Å². The Labute approximate surface area is 174 Å². The highest BCUT2D eigenvalue weighted by atomic mass is 127. The molecule has 2 unspecified atom stereocenters. The highest BCUT2D eigenvalue weighted by Gasteiger charge is 2.41. The quantitative estimate of drug-likeness (QED) is 0.368. The van der Waals surface area contributed by atoms with E-state index in [1.54, 1.807) is 19.2 Å². The molecule has 0 spiro atoms. The van der Waals surface area contributed by atoms with E-state index < -0.39 is 0 Å². The van der Waals surface area contributed by atoms with Crippen LogP contribution in [0.15, 0.2) is 33.8 Å². The lowest BCUT2D eigenvalue weighted by Gasteiger charge is -2.11. The van der Waals surface area contributed by atoms with Gasteiger partial charge in [0.2, 0.25) is 0 Å². The van der Waals surface area contributed by atoms with Crippen LogP contribution in [0.5, 0.6) is 0 Å². The molecule has 1 heterocycles. The van der Waals surface area contributed by atoms with Crippen molar-refractivity contribution in [2.24, 2.45) is 4.99 Å². The number of aliphatic imine (C=N–C) groups is 1. The van der Waals surface area contributed by atoms with Crippen LogP contribution < -0.4 is 10.6 Å². The molecule has 142 valence electrons. The van der Waals surface area contributed by atoms with Gasteiger partial charge in [0.25, 0.3) is 0 Å². The zero-order valence-corrected chi connectivity index (χ0v) is 18.0. The Morgan fingerprint density at radius 1 is 1.46 bits per heavy atom. The summed E-state index contributed by atoms with van der Waals surface area (Å²) in [7, 11) is 1.70. The molecule has 0 amide bonds. The third kappa shape index (κ3) is 4.88. The molecule has 26 heavy (non-hydrogen) atoms. The number of rotatable bonds is 5. The van der Waals surface area contributed by atoms with Crippen molar-refractivity contribution in [1.29, 1.82) is 0 Å². The van der Waals surface area contributed by atoms with E-state index in [2.05, 4.69) is 34.6 Å². The highest BCUT2D eigenvalue weighted by Crippen LogP contribution is 2.44. The molecule has 1 aliphatic rings. The van der Waals surface area contributed by atoms with Crippen LogP contribution in [0.2, 0.25) is 5.02 Å². The van der Waals surface area contributed by atoms with Gasteiger partial charge >= 0.3 is 0 Å². The largest absolute Gasteiger partial charge is 0.359 e. The number of hydrogen-bond acceptors (Lipinski definition) is 3. The van der Waals surface area contributed by atoms with Crippen LogP contribution in [0.4, 0.5) is 4.39 Å². The number of hydrogen-bond donors (Lipinski definition) is 2. The van der Waals surface area contributed by atoms with Crippen molar-refractivity contribution in [1.82, 2.24) is 15.8 Å². The lowest BCUT2D eigenvalue weighted by Crippen LogP contribution is -2.38. The van der Waals surface area contributed by atoms with Gasteiger partial charge in [-0.15, -0.1) is 24.0 Å². The Morgan fingerprint density at radius 2 is 2.23 bits per heavy atom. The van der Waals surface area contributed by atoms with Crippen molar-refractivity contribution in [3.8, 4) is 0 Å². The van der Waals surface area contributed by atoms with E-state index in [1.165, 1.54) is 6.07 Å². The summed E-state index contributed by atoms with van der Waals surface area (Å²) in [6, 6.07) is 6.83. The number of aromatic nitrogens is 1. The van der Waals surface area contributed by atoms with Crippen molar-refractivity contribution in [2.75, 3.05) is 7.05 Å². The third-order valence-electron chi connectivity index (χ3n) is 4.31. The fraction of sp³-hybridized carbons (Fsp3) is 0.444. The number of nitrogens with one attached hydrogen (secondary N) is 2. The minimum Gasteiger partial charge on any atom is -0.359 e. The number of guanidine groups is 1. The molecule has 1 aromatic carbocycles. The first kappa shape index (κ1) is 21.0. The predicted octanol–water partition coefficient (Wildman–Crippen LogP) is 4.43. The molecule has 0 aliphatic heterocycles. The van der Waals surface area contributed by atoms with Gasteiger partial charge in [0, 0.05) is 35.7 Å². The molecule has 2 aromatic rings. The second-order valence-electron chi connectivity index (χ2n) is 6.53. The van der Waals surface area contributed by atoms with Crippen molar-refractivity contribution >= 4 is 41.5 Å². The fourth-order valence-electron chi connectivity index (χ4n) is 2.76. The molecule has 1 aromatic heterocycles. The minimum absolute atomic E-state index is 0. The first-order valence-corrected chi connectivity index (χ1v) is 8.74. The smallest absolute Gasteiger partial charge is 0.191 e. The Balaban J connectivity index is 0.00000243. The Bertz CT molecular complexity index is 760. The van der Waals surface area contributed by atoms with Crippen molar-refractivity contribution in [3.05, 3.63) is 52.1 Å². The standard InChI is InChI=1S/C18H22ClFN4O.HI/c1-10(2)15-7-11(25-24-15)9-22-18(21-3)23-16-8-12(16)17-13(19)5-4-6-14(17)20;/h4-7,10,12,16H,8-9H2,1-3H3,(H2,21,22,23);1H. The number of nitrogens with zero attached hydrogens (tertiary/aromatic N) is 2. The van der Waals surface area contributed by atoms with E-state index in [0.29, 0.717) is 29.0 Å². The third-order valence-corrected chi connectivity index (χ3v) is 4.64. The van der Waals surface area contributed by atoms with Gasteiger partial charge in [0.05, 0.1) is 12.2 Å². The molecular formula is C18H23ClFIN4O. The van der Waals surface area contributed by atoms with Crippen LogP contribution in [0.25, 0.3) is 0 Å². The molecule has 0 bridgehead atoms. The maximum atomic E-state index is 14.0. The molecule has 0 radical (unpaired) electrons. The van der Waals surface area contributed by atoms with Crippen molar-refractivity contribution < 1.29 is 8.91 Å². The highest BCUT2D eigenvalue weighted by molar-refractivity contribution is 14.0. The topological polar surface area (TPSA) is 62.5 Å². The van der Waals surface area contributed by atoms with E-state index in [-0.39, 0.29) is 41.8 Å². The molecule has 5 nitrogen and oxygen atoms in total. The van der Waals surface area contributed by atoms with Gasteiger partial charge in [-0.2, -0.15) is 0 Å². The number of halogens is 3. The summed E-state index contributed by atoms with van der Waals surface area (Å²) in [5.74, 6) is 1.52. The Morgan fingerprint density at radius 3 is 2.85 bits per heavy atom. The van der Waals surface area contributed by atoms with E-state index >= 15 is 0 Å². The summed E-state index contributed by atoms with van der Waals surface area (Å²) in [6.07, 6.45) is 0.821. The van der Waals surface area contributed by atoms with Crippen LogP contribution in [-0.4, -0.2) is 24.2 Å². The zero-order valence-electron chi connectivity index (χ0n) is 14.9. The van der Waals surface area contributed by atoms with Gasteiger partial charge in [-0.3, -0.25) is 4.99 Å². The molecule has 2 atom stereocenters. The molecule has 3 rings (SSSR count). The molecular weight excluding hydrogens is 470 g/mol. The molecule has 1 aliphatic carbocycles. The average molecular weight is 493 g/mol. The van der Waals surface area contributed by atoms with E-state index in [9.17, 15) is 4.39 Å². The van der Waals surface area contributed by atoms with Gasteiger partial charge in [0.1, 0.15) is 5.82 Å². The maximum absolute atomic E-state index is 14.0. The van der Waals surface area contributed by atoms with Crippen LogP contribution in [-0.2, 0) is 6.54 Å². The minimum atomic E-state index is -0.257. The molecule has 0 saturated heterocycles. The summed E-state index contributed by atoms with van der Waals surface area (Å²) in [5, 5.41) is 11.0. The first-order chi connectivity index (χ1) is 12.0. The van der Waals surface area contributed by atoms with E-state index in [0.717, 1.165) is 17.9 Å². The van der Waals surface area contributed by atoms with Crippen LogP contribution in [0, 0.1) is 5.82 Å². The fourth-order valence-corrected chi connectivity index (χ4v) is 3.07. The SMILES string of the molecule is CN=C(NCc1cc(C(C)C)no1)NC1CC1c1c(F)cccc1Cl.I. The normalized spacial score (nSPS) is 19.2. The second-order valence-corrected chi connectivity index (χ2v) is 6.93. The second kappa shape index (κ2) is 9.03. The van der Waals surface area contributed by atoms with Gasteiger partial charge in [0.15, 0.2) is 11.7 Å². The first-order valence-electron chi connectivity index (χ1n) is 8.36. The summed E-state index contributed by atoms with van der Waals surface area (Å²) < 4.78 is 19.3. The van der Waals surface area contributed by atoms with Crippen LogP contribution in [0.1, 0.15) is 49.1 Å².